The molecule has 1 aromatic heterocycles. The lowest BCUT2D eigenvalue weighted by molar-refractivity contribution is -0.189. The highest BCUT2D eigenvalue weighted by Gasteiger charge is 2.45. The molecule has 2 aromatic carbocycles. The zero-order valence-electron chi connectivity index (χ0n) is 21.5. The zero-order chi connectivity index (χ0) is 27.4. The SMILES string of the molecule is CSC1C(=NC#N)N(c2ccc(OCC3COC(Cn4ccnc4)(c4ccc(Cl)cc4Cl)O3)cc2)CCN1C. The highest BCUT2D eigenvalue weighted by molar-refractivity contribution is 7.99. The average molecular weight is 588 g/mol. The van der Waals surface area contributed by atoms with Crippen molar-refractivity contribution in [2.24, 2.45) is 4.99 Å². The third-order valence-electron chi connectivity index (χ3n) is 6.70. The van der Waals surface area contributed by atoms with Crippen LogP contribution in [0.25, 0.3) is 0 Å². The normalized spacial score (nSPS) is 24.7. The fraction of sp³-hybridized carbons (Fsp3) is 0.370. The maximum Gasteiger partial charge on any atom is 0.215 e. The second kappa shape index (κ2) is 12.2. The van der Waals surface area contributed by atoms with Crippen molar-refractivity contribution in [2.75, 3.05) is 44.5 Å². The summed E-state index contributed by atoms with van der Waals surface area (Å²) in [6, 6.07) is 13.1. The Bertz CT molecular complexity index is 1350. The molecule has 0 spiro atoms. The van der Waals surface area contributed by atoms with Crippen LogP contribution in [-0.4, -0.2) is 71.4 Å². The van der Waals surface area contributed by atoms with Crippen LogP contribution in [0.4, 0.5) is 5.69 Å². The Labute approximate surface area is 241 Å². The molecule has 0 N–H and O–H groups in total. The maximum absolute atomic E-state index is 9.26. The van der Waals surface area contributed by atoms with Gasteiger partial charge in [-0.05, 0) is 49.7 Å². The predicted molar refractivity (Wildman–Crippen MR) is 153 cm³/mol. The van der Waals surface area contributed by atoms with Crippen LogP contribution in [0.1, 0.15) is 5.56 Å². The Kier molecular flexibility index (Phi) is 8.67. The zero-order valence-corrected chi connectivity index (χ0v) is 23.9. The number of hydrogen-bond donors (Lipinski definition) is 0. The largest absolute Gasteiger partial charge is 0.491 e. The molecule has 3 heterocycles. The van der Waals surface area contributed by atoms with Gasteiger partial charge < -0.3 is 23.7 Å². The van der Waals surface area contributed by atoms with Crippen molar-refractivity contribution in [1.82, 2.24) is 14.5 Å². The summed E-state index contributed by atoms with van der Waals surface area (Å²) in [5.74, 6) is 0.332. The first-order valence-electron chi connectivity index (χ1n) is 12.4. The van der Waals surface area contributed by atoms with Crippen LogP contribution in [0.5, 0.6) is 5.75 Å². The Morgan fingerprint density at radius 1 is 1.23 bits per heavy atom. The summed E-state index contributed by atoms with van der Waals surface area (Å²) in [5, 5.41) is 10.3. The lowest BCUT2D eigenvalue weighted by Crippen LogP contribution is -2.54. The number of hydrogen-bond acceptors (Lipinski definition) is 8. The van der Waals surface area contributed by atoms with Crippen LogP contribution in [0, 0.1) is 11.5 Å². The van der Waals surface area contributed by atoms with Crippen LogP contribution < -0.4 is 9.64 Å². The molecule has 0 aliphatic carbocycles. The van der Waals surface area contributed by atoms with Gasteiger partial charge in [0.05, 0.1) is 24.5 Å². The van der Waals surface area contributed by atoms with Gasteiger partial charge in [-0.2, -0.15) is 10.3 Å². The summed E-state index contributed by atoms with van der Waals surface area (Å²) in [5.41, 5.74) is 1.65. The van der Waals surface area contributed by atoms with Crippen molar-refractivity contribution in [3.05, 3.63) is 76.8 Å². The number of aliphatic imine (C=N–C) groups is 1. The second-order valence-electron chi connectivity index (χ2n) is 9.26. The molecular weight excluding hydrogens is 559 g/mol. The Balaban J connectivity index is 1.27. The average Bonchev–Trinajstić information content (AvgIpc) is 3.59. The number of piperazine rings is 1. The Hall–Kier alpha value is -2.78. The first-order chi connectivity index (χ1) is 18.9. The molecule has 3 aromatic rings. The fourth-order valence-corrected chi connectivity index (χ4v) is 6.23. The maximum atomic E-state index is 9.26. The van der Waals surface area contributed by atoms with E-state index in [1.54, 1.807) is 36.4 Å². The molecule has 2 aliphatic rings. The molecule has 2 saturated heterocycles. The quantitative estimate of drug-likeness (QED) is 0.346. The number of benzene rings is 2. The van der Waals surface area contributed by atoms with Gasteiger partial charge in [0, 0.05) is 41.8 Å². The Morgan fingerprint density at radius 2 is 2.05 bits per heavy atom. The molecule has 12 heteroatoms. The van der Waals surface area contributed by atoms with Crippen molar-refractivity contribution in [3.63, 3.8) is 0 Å². The molecule has 39 heavy (non-hydrogen) atoms. The van der Waals surface area contributed by atoms with E-state index in [1.807, 2.05) is 60.6 Å². The predicted octanol–water partition coefficient (Wildman–Crippen LogP) is 4.86. The van der Waals surface area contributed by atoms with E-state index in [4.69, 9.17) is 37.4 Å². The van der Waals surface area contributed by atoms with Gasteiger partial charge in [-0.3, -0.25) is 4.90 Å². The summed E-state index contributed by atoms with van der Waals surface area (Å²) in [7, 11) is 2.04. The van der Waals surface area contributed by atoms with Gasteiger partial charge in [-0.15, -0.1) is 11.8 Å². The van der Waals surface area contributed by atoms with E-state index < -0.39 is 5.79 Å². The molecule has 0 radical (unpaired) electrons. The number of likely N-dealkylation sites (N-methyl/N-ethyl adjacent to an activating group) is 1. The van der Waals surface area contributed by atoms with Crippen LogP contribution >= 0.6 is 35.0 Å². The monoisotopic (exact) mass is 586 g/mol. The summed E-state index contributed by atoms with van der Waals surface area (Å²) >= 11 is 14.4. The van der Waals surface area contributed by atoms with Crippen molar-refractivity contribution < 1.29 is 14.2 Å². The lowest BCUT2D eigenvalue weighted by atomic mass is 10.1. The van der Waals surface area contributed by atoms with Crippen LogP contribution in [-0.2, 0) is 21.8 Å². The number of nitriles is 1. The highest BCUT2D eigenvalue weighted by Crippen LogP contribution is 2.40. The van der Waals surface area contributed by atoms with Crippen LogP contribution in [0.2, 0.25) is 10.0 Å². The van der Waals surface area contributed by atoms with Crippen molar-refractivity contribution in [2.45, 2.75) is 23.8 Å². The number of halogens is 2. The van der Waals surface area contributed by atoms with Gasteiger partial charge in [0.2, 0.25) is 12.0 Å². The fourth-order valence-electron chi connectivity index (χ4n) is 4.82. The number of rotatable bonds is 8. The van der Waals surface area contributed by atoms with Crippen molar-refractivity contribution in [3.8, 4) is 11.9 Å². The van der Waals surface area contributed by atoms with E-state index in [1.165, 1.54) is 0 Å². The number of thioether (sulfide) groups is 1. The number of anilines is 1. The molecule has 2 fully saturated rings. The topological polar surface area (TPSA) is 88.1 Å². The van der Waals surface area contributed by atoms with E-state index in [-0.39, 0.29) is 11.5 Å². The summed E-state index contributed by atoms with van der Waals surface area (Å²) in [6.07, 6.45) is 8.91. The van der Waals surface area contributed by atoms with E-state index >= 15 is 0 Å². The van der Waals surface area contributed by atoms with Gasteiger partial charge in [-0.1, -0.05) is 29.3 Å². The second-order valence-corrected chi connectivity index (χ2v) is 11.0. The molecule has 3 atom stereocenters. The van der Waals surface area contributed by atoms with E-state index in [9.17, 15) is 5.26 Å². The third-order valence-corrected chi connectivity index (χ3v) is 8.26. The number of ether oxygens (including phenoxy) is 3. The third kappa shape index (κ3) is 6.04. The van der Waals surface area contributed by atoms with E-state index in [0.717, 1.165) is 24.6 Å². The van der Waals surface area contributed by atoms with Gasteiger partial charge >= 0.3 is 0 Å². The van der Waals surface area contributed by atoms with Gasteiger partial charge in [0.1, 0.15) is 29.7 Å². The summed E-state index contributed by atoms with van der Waals surface area (Å²) in [6.45, 7) is 2.60. The standard InChI is InChI=1S/C27H28Cl2N6O3S/c1-33-11-12-35(25(32-17-30)26(33)39-2)20-4-6-21(7-5-20)36-14-22-15-37-27(38-22,16-34-10-9-31-18-34)23-8-3-19(28)13-24(23)29/h3-10,13,18,22,26H,11-12,14-16H2,1-2H3. The minimum absolute atomic E-state index is 0.0190. The molecule has 9 nitrogen and oxygen atoms in total. The number of nitrogens with zero attached hydrogens (tertiary/aromatic N) is 6. The highest BCUT2D eigenvalue weighted by atomic mass is 35.5. The molecule has 3 unspecified atom stereocenters. The molecule has 0 saturated carbocycles. The molecular formula is C27H28Cl2N6O3S. The minimum Gasteiger partial charge on any atom is -0.491 e. The Morgan fingerprint density at radius 3 is 2.74 bits per heavy atom. The van der Waals surface area contributed by atoms with Gasteiger partial charge in [-0.25, -0.2) is 4.98 Å². The smallest absolute Gasteiger partial charge is 0.215 e. The van der Waals surface area contributed by atoms with Crippen molar-refractivity contribution >= 4 is 46.5 Å². The molecule has 0 bridgehead atoms. The number of amidine groups is 1. The summed E-state index contributed by atoms with van der Waals surface area (Å²) < 4.78 is 20.7. The van der Waals surface area contributed by atoms with Gasteiger partial charge in [0.25, 0.3) is 0 Å². The first kappa shape index (κ1) is 27.8. The van der Waals surface area contributed by atoms with E-state index in [2.05, 4.69) is 19.8 Å². The molecule has 0 amide bonds. The molecule has 2 aliphatic heterocycles. The summed E-state index contributed by atoms with van der Waals surface area (Å²) in [4.78, 5) is 12.5. The first-order valence-corrected chi connectivity index (χ1v) is 14.4. The molecule has 5 rings (SSSR count). The molecule has 204 valence electrons. The van der Waals surface area contributed by atoms with Crippen molar-refractivity contribution in [1.29, 1.82) is 5.26 Å². The number of aromatic nitrogens is 2. The van der Waals surface area contributed by atoms with Gasteiger partial charge in [0.15, 0.2) is 0 Å². The van der Waals surface area contributed by atoms with Crippen LogP contribution in [0.15, 0.2) is 66.2 Å². The minimum atomic E-state index is -1.11. The number of imidazole rings is 1. The lowest BCUT2D eigenvalue weighted by Gasteiger charge is -2.40. The van der Waals surface area contributed by atoms with E-state index in [0.29, 0.717) is 41.1 Å². The van der Waals surface area contributed by atoms with Crippen LogP contribution in [0.3, 0.4) is 0 Å².